The predicted octanol–water partition coefficient (Wildman–Crippen LogP) is 3.33. The van der Waals surface area contributed by atoms with Gasteiger partial charge in [0.1, 0.15) is 18.1 Å². The summed E-state index contributed by atoms with van der Waals surface area (Å²) in [5, 5.41) is 9.58. The average molecular weight is 594 g/mol. The van der Waals surface area contributed by atoms with Gasteiger partial charge in [-0.2, -0.15) is 0 Å². The quantitative estimate of drug-likeness (QED) is 0.162. The van der Waals surface area contributed by atoms with Gasteiger partial charge in [-0.25, -0.2) is 0 Å². The number of primary amides is 1. The van der Waals surface area contributed by atoms with Crippen LogP contribution in [0.2, 0.25) is 0 Å². The number of benzene rings is 3. The monoisotopic (exact) mass is 593 g/mol. The van der Waals surface area contributed by atoms with Crippen molar-refractivity contribution in [1.82, 2.24) is 20.9 Å². The van der Waals surface area contributed by atoms with Crippen LogP contribution in [0.1, 0.15) is 42.4 Å². The summed E-state index contributed by atoms with van der Waals surface area (Å²) in [6.45, 7) is 0. The number of hydrogen-bond donors (Lipinski definition) is 5. The van der Waals surface area contributed by atoms with E-state index in [2.05, 4.69) is 20.9 Å². The van der Waals surface area contributed by atoms with Crippen molar-refractivity contribution in [3.63, 3.8) is 0 Å². The highest BCUT2D eigenvalue weighted by molar-refractivity contribution is 5.95. The van der Waals surface area contributed by atoms with Crippen LogP contribution in [0, 0.1) is 5.92 Å². The highest BCUT2D eigenvalue weighted by atomic mass is 16.2. The number of nitrogens with two attached hydrogens (primary N) is 1. The van der Waals surface area contributed by atoms with Gasteiger partial charge in [0.2, 0.25) is 23.6 Å². The minimum atomic E-state index is -1.04. The maximum Gasteiger partial charge on any atom is 0.243 e. The topological polar surface area (TPSA) is 146 Å². The van der Waals surface area contributed by atoms with E-state index < -0.39 is 35.8 Å². The number of aromatic nitrogens is 1. The maximum atomic E-state index is 13.9. The zero-order valence-electron chi connectivity index (χ0n) is 24.6. The van der Waals surface area contributed by atoms with Crippen LogP contribution in [-0.2, 0) is 38.4 Å². The van der Waals surface area contributed by atoms with Crippen molar-refractivity contribution in [2.24, 2.45) is 11.7 Å². The second-order valence-corrected chi connectivity index (χ2v) is 11.5. The summed E-state index contributed by atoms with van der Waals surface area (Å²) in [5.41, 5.74) is 9.15. The molecule has 0 aliphatic heterocycles. The first-order valence-electron chi connectivity index (χ1n) is 15.2. The number of carbonyl (C=O) groups excluding carboxylic acids is 4. The number of hydrogen-bond acceptors (Lipinski definition) is 4. The lowest BCUT2D eigenvalue weighted by Crippen LogP contribution is -2.58. The van der Waals surface area contributed by atoms with Crippen LogP contribution in [0.5, 0.6) is 0 Å². The van der Waals surface area contributed by atoms with Crippen LogP contribution in [0.4, 0.5) is 0 Å². The van der Waals surface area contributed by atoms with Gasteiger partial charge in [-0.15, -0.1) is 0 Å². The molecule has 0 spiro atoms. The molecule has 9 heteroatoms. The number of rotatable bonds is 13. The Morgan fingerprint density at radius 3 is 1.82 bits per heavy atom. The minimum absolute atomic E-state index is 0.124. The molecule has 1 fully saturated rings. The van der Waals surface area contributed by atoms with E-state index in [1.54, 1.807) is 0 Å². The minimum Gasteiger partial charge on any atom is -0.368 e. The van der Waals surface area contributed by atoms with Crippen molar-refractivity contribution in [2.75, 3.05) is 0 Å². The second-order valence-electron chi connectivity index (χ2n) is 11.5. The maximum absolute atomic E-state index is 13.9. The van der Waals surface area contributed by atoms with Gasteiger partial charge in [0.25, 0.3) is 0 Å². The fourth-order valence-corrected chi connectivity index (χ4v) is 5.88. The van der Waals surface area contributed by atoms with Crippen molar-refractivity contribution < 1.29 is 19.2 Å². The van der Waals surface area contributed by atoms with Crippen LogP contribution in [0.25, 0.3) is 10.9 Å². The van der Waals surface area contributed by atoms with Crippen molar-refractivity contribution in [2.45, 2.75) is 63.1 Å². The molecule has 3 atom stereocenters. The summed E-state index contributed by atoms with van der Waals surface area (Å²) in [4.78, 5) is 56.5. The molecule has 228 valence electrons. The number of H-pyrrole nitrogens is 1. The Balaban J connectivity index is 1.39. The predicted molar refractivity (Wildman–Crippen MR) is 169 cm³/mol. The molecule has 0 radical (unpaired) electrons. The second kappa shape index (κ2) is 14.5. The van der Waals surface area contributed by atoms with Gasteiger partial charge in [-0.3, -0.25) is 19.2 Å². The zero-order chi connectivity index (χ0) is 30.9. The van der Waals surface area contributed by atoms with Crippen LogP contribution in [-0.4, -0.2) is 46.7 Å². The number of aromatic amines is 1. The van der Waals surface area contributed by atoms with Crippen molar-refractivity contribution in [1.29, 1.82) is 0 Å². The van der Waals surface area contributed by atoms with Crippen LogP contribution in [0.15, 0.2) is 91.1 Å². The van der Waals surface area contributed by atoms with E-state index in [-0.39, 0.29) is 31.1 Å². The Morgan fingerprint density at radius 2 is 1.20 bits per heavy atom. The Labute approximate surface area is 257 Å². The third kappa shape index (κ3) is 7.92. The first-order chi connectivity index (χ1) is 21.4. The van der Waals surface area contributed by atoms with Gasteiger partial charge in [0.05, 0.1) is 0 Å². The lowest BCUT2D eigenvalue weighted by Gasteiger charge is -2.25. The molecule has 1 aliphatic carbocycles. The van der Waals surface area contributed by atoms with E-state index in [1.165, 1.54) is 0 Å². The summed E-state index contributed by atoms with van der Waals surface area (Å²) in [5.74, 6) is -1.96. The lowest BCUT2D eigenvalue weighted by atomic mass is 10.00. The number of para-hydroxylation sites is 1. The van der Waals surface area contributed by atoms with Gasteiger partial charge in [-0.1, -0.05) is 91.7 Å². The first kappa shape index (κ1) is 30.5. The molecule has 4 aromatic rings. The van der Waals surface area contributed by atoms with E-state index in [4.69, 9.17) is 5.73 Å². The summed E-state index contributed by atoms with van der Waals surface area (Å²) < 4.78 is 0. The van der Waals surface area contributed by atoms with E-state index in [1.807, 2.05) is 91.1 Å². The first-order valence-corrected chi connectivity index (χ1v) is 15.2. The third-order valence-corrected chi connectivity index (χ3v) is 8.32. The fourth-order valence-electron chi connectivity index (χ4n) is 5.88. The smallest absolute Gasteiger partial charge is 0.243 e. The summed E-state index contributed by atoms with van der Waals surface area (Å²) in [6.07, 6.45) is 6.03. The third-order valence-electron chi connectivity index (χ3n) is 8.32. The fraction of sp³-hybridized carbons (Fsp3) is 0.314. The molecule has 44 heavy (non-hydrogen) atoms. The molecule has 1 aromatic heterocycles. The Bertz CT molecular complexity index is 1580. The van der Waals surface area contributed by atoms with E-state index in [0.29, 0.717) is 0 Å². The highest BCUT2D eigenvalue weighted by Crippen LogP contribution is 2.25. The lowest BCUT2D eigenvalue weighted by molar-refractivity contribution is -0.134. The molecule has 4 amide bonds. The molecule has 5 rings (SSSR count). The average Bonchev–Trinajstić information content (AvgIpc) is 3.72. The molecule has 3 aromatic carbocycles. The molecule has 1 saturated carbocycles. The van der Waals surface area contributed by atoms with E-state index >= 15 is 0 Å². The normalized spacial score (nSPS) is 15.3. The Morgan fingerprint density at radius 1 is 0.682 bits per heavy atom. The molecule has 9 nitrogen and oxygen atoms in total. The van der Waals surface area contributed by atoms with Crippen molar-refractivity contribution in [3.05, 3.63) is 108 Å². The standard InChI is InChI=1S/C35H39N5O4/c36-32(41)29(19-23-11-3-1-4-12-23)38-35(44)31(21-26-22-37-28-18-10-9-17-27(26)28)40-34(43)30(20-24-13-5-2-6-14-24)39-33(42)25-15-7-8-16-25/h1-6,9-14,17-18,22,25,29-31,37H,7-8,15-16,19-21H2,(H2,36,41)(H,38,44)(H,39,42)(H,40,43)/t29-,30+,31+/m0/s1. The zero-order valence-corrected chi connectivity index (χ0v) is 24.6. The molecule has 0 saturated heterocycles. The molecule has 0 unspecified atom stereocenters. The van der Waals surface area contributed by atoms with Crippen molar-refractivity contribution in [3.8, 4) is 0 Å². The van der Waals surface area contributed by atoms with Gasteiger partial charge in [0.15, 0.2) is 0 Å². The molecule has 6 N–H and O–H groups in total. The van der Waals surface area contributed by atoms with Crippen molar-refractivity contribution >= 4 is 34.5 Å². The summed E-state index contributed by atoms with van der Waals surface area (Å²) in [6, 6.07) is 23.5. The molecule has 0 bridgehead atoms. The van der Waals surface area contributed by atoms with Gasteiger partial charge >= 0.3 is 0 Å². The Hall–Kier alpha value is -4.92. The van der Waals surface area contributed by atoms with Crippen LogP contribution < -0.4 is 21.7 Å². The van der Waals surface area contributed by atoms with E-state index in [9.17, 15) is 19.2 Å². The molecule has 1 heterocycles. The number of amides is 4. The van der Waals surface area contributed by atoms with Crippen LogP contribution >= 0.6 is 0 Å². The van der Waals surface area contributed by atoms with E-state index in [0.717, 1.165) is 53.3 Å². The SMILES string of the molecule is NC(=O)[C@H](Cc1ccccc1)NC(=O)[C@@H](Cc1c[nH]c2ccccc12)NC(=O)[C@@H](Cc1ccccc1)NC(=O)C1CCCC1. The summed E-state index contributed by atoms with van der Waals surface area (Å²) >= 11 is 0. The number of carbonyl (C=O) groups is 4. The Kier molecular flexibility index (Phi) is 10.1. The van der Waals surface area contributed by atoms with Gasteiger partial charge in [0, 0.05) is 42.3 Å². The molecule has 1 aliphatic rings. The summed E-state index contributed by atoms with van der Waals surface area (Å²) in [7, 11) is 0. The highest BCUT2D eigenvalue weighted by Gasteiger charge is 2.32. The number of fused-ring (bicyclic) bond motifs is 1. The molecular weight excluding hydrogens is 554 g/mol. The van der Waals surface area contributed by atoms with Gasteiger partial charge in [-0.05, 0) is 35.6 Å². The van der Waals surface area contributed by atoms with Crippen LogP contribution in [0.3, 0.4) is 0 Å². The largest absolute Gasteiger partial charge is 0.368 e. The van der Waals surface area contributed by atoms with Gasteiger partial charge < -0.3 is 26.7 Å². The number of nitrogens with one attached hydrogen (secondary N) is 4. The molecular formula is C35H39N5O4.